The van der Waals surface area contributed by atoms with Crippen molar-refractivity contribution in [2.45, 2.75) is 37.9 Å². The summed E-state index contributed by atoms with van der Waals surface area (Å²) in [6.07, 6.45) is -0.215. The highest BCUT2D eigenvalue weighted by atomic mass is 19.4. The maximum Gasteiger partial charge on any atom is 0.393 e. The number of hydrogen-bond donors (Lipinski definition) is 1. The van der Waals surface area contributed by atoms with Gasteiger partial charge in [-0.05, 0) is 49.9 Å². The summed E-state index contributed by atoms with van der Waals surface area (Å²) in [5.41, 5.74) is 0.838. The SMILES string of the molecule is O=C(Nc1ccccn1)N1c2nc(N3CCC[C@H](C(F)(F)F)C3)ccc2N2CCC[C@H]1C2. The summed E-state index contributed by atoms with van der Waals surface area (Å²) < 4.78 is 39.9. The fraction of sp³-hybridized carbons (Fsp3) is 0.500. The Morgan fingerprint density at radius 1 is 1.03 bits per heavy atom. The Hall–Kier alpha value is -3.04. The number of rotatable bonds is 2. The first-order valence-electron chi connectivity index (χ1n) is 11.0. The van der Waals surface area contributed by atoms with Gasteiger partial charge in [0.25, 0.3) is 0 Å². The molecule has 2 saturated heterocycles. The lowest BCUT2D eigenvalue weighted by Crippen LogP contribution is -2.56. The maximum atomic E-state index is 13.3. The number of nitrogens with one attached hydrogen (secondary N) is 1. The van der Waals surface area contributed by atoms with E-state index in [-0.39, 0.29) is 25.0 Å². The third-order valence-electron chi connectivity index (χ3n) is 6.50. The van der Waals surface area contributed by atoms with Crippen molar-refractivity contribution >= 4 is 29.2 Å². The molecule has 2 amide bonds. The summed E-state index contributed by atoms with van der Waals surface area (Å²) in [7, 11) is 0. The van der Waals surface area contributed by atoms with Crippen molar-refractivity contribution in [3.63, 3.8) is 0 Å². The molecule has 2 atom stereocenters. The van der Waals surface area contributed by atoms with Crippen LogP contribution in [0.1, 0.15) is 25.7 Å². The van der Waals surface area contributed by atoms with Crippen LogP contribution in [0.15, 0.2) is 36.5 Å². The first-order valence-corrected chi connectivity index (χ1v) is 11.0. The Morgan fingerprint density at radius 3 is 2.62 bits per heavy atom. The van der Waals surface area contributed by atoms with Gasteiger partial charge in [-0.15, -0.1) is 0 Å². The molecule has 0 radical (unpaired) electrons. The topological polar surface area (TPSA) is 64.6 Å². The lowest BCUT2D eigenvalue weighted by atomic mass is 9.97. The number of halogens is 3. The number of carbonyl (C=O) groups excluding carboxylic acids is 1. The molecule has 2 bridgehead atoms. The van der Waals surface area contributed by atoms with E-state index in [9.17, 15) is 18.0 Å². The molecular formula is C22H25F3N6O. The van der Waals surface area contributed by atoms with E-state index in [2.05, 4.69) is 15.2 Å². The van der Waals surface area contributed by atoms with Gasteiger partial charge in [0.15, 0.2) is 5.82 Å². The van der Waals surface area contributed by atoms with Crippen molar-refractivity contribution in [3.8, 4) is 0 Å². The Morgan fingerprint density at radius 2 is 1.84 bits per heavy atom. The molecule has 5 rings (SSSR count). The maximum absolute atomic E-state index is 13.3. The standard InChI is InChI=1S/C22H25F3N6O/c23-22(24,25)15-5-3-12-30(13-15)19-9-8-17-20(28-19)31(16-6-4-11-29(17)14-16)21(32)27-18-7-1-2-10-26-18/h1-2,7-10,15-16H,3-6,11-14H2,(H,26,27,32)/t15-,16-/m0/s1. The number of piperidine rings is 2. The number of fused-ring (bicyclic) bond motifs is 4. The van der Waals surface area contributed by atoms with Gasteiger partial charge < -0.3 is 9.80 Å². The number of amides is 2. The molecule has 10 heteroatoms. The van der Waals surface area contributed by atoms with Crippen LogP contribution >= 0.6 is 0 Å². The minimum Gasteiger partial charge on any atom is -0.366 e. The van der Waals surface area contributed by atoms with Crippen molar-refractivity contribution in [3.05, 3.63) is 36.5 Å². The van der Waals surface area contributed by atoms with Crippen LogP contribution in [-0.2, 0) is 0 Å². The second-order valence-electron chi connectivity index (χ2n) is 8.60. The van der Waals surface area contributed by atoms with E-state index in [4.69, 9.17) is 4.98 Å². The summed E-state index contributed by atoms with van der Waals surface area (Å²) in [4.78, 5) is 27.7. The van der Waals surface area contributed by atoms with Crippen molar-refractivity contribution in [2.24, 2.45) is 5.92 Å². The highest BCUT2D eigenvalue weighted by molar-refractivity contribution is 6.04. The lowest BCUT2D eigenvalue weighted by molar-refractivity contribution is -0.176. The van der Waals surface area contributed by atoms with Crippen molar-refractivity contribution in [1.82, 2.24) is 9.97 Å². The monoisotopic (exact) mass is 446 g/mol. The van der Waals surface area contributed by atoms with Gasteiger partial charge in [0.2, 0.25) is 0 Å². The van der Waals surface area contributed by atoms with Gasteiger partial charge in [-0.3, -0.25) is 10.2 Å². The van der Waals surface area contributed by atoms with E-state index in [0.29, 0.717) is 37.0 Å². The molecule has 3 aliphatic heterocycles. The quantitative estimate of drug-likeness (QED) is 0.746. The Bertz CT molecular complexity index is 985. The molecule has 5 heterocycles. The molecule has 7 nitrogen and oxygen atoms in total. The van der Waals surface area contributed by atoms with Crippen LogP contribution in [0.2, 0.25) is 0 Å². The summed E-state index contributed by atoms with van der Waals surface area (Å²) in [5.74, 6) is 0.0637. The summed E-state index contributed by atoms with van der Waals surface area (Å²) in [5, 5.41) is 2.84. The van der Waals surface area contributed by atoms with Crippen LogP contribution in [0.4, 0.5) is 41.1 Å². The third kappa shape index (κ3) is 3.93. The zero-order valence-corrected chi connectivity index (χ0v) is 17.6. The largest absolute Gasteiger partial charge is 0.393 e. The molecule has 0 unspecified atom stereocenters. The zero-order chi connectivity index (χ0) is 22.3. The number of carbonyl (C=O) groups is 1. The minimum absolute atomic E-state index is 0.0491. The number of anilines is 4. The minimum atomic E-state index is -4.22. The fourth-order valence-corrected chi connectivity index (χ4v) is 4.91. The third-order valence-corrected chi connectivity index (χ3v) is 6.50. The van der Waals surface area contributed by atoms with Gasteiger partial charge in [0.1, 0.15) is 11.6 Å². The Kier molecular flexibility index (Phi) is 5.30. The molecule has 0 spiro atoms. The van der Waals surface area contributed by atoms with E-state index in [1.807, 2.05) is 6.07 Å². The molecule has 3 aliphatic rings. The summed E-state index contributed by atoms with van der Waals surface area (Å²) in [6.45, 7) is 2.00. The highest BCUT2D eigenvalue weighted by Gasteiger charge is 2.43. The summed E-state index contributed by atoms with van der Waals surface area (Å²) in [6, 6.07) is 8.56. The zero-order valence-electron chi connectivity index (χ0n) is 17.6. The highest BCUT2D eigenvalue weighted by Crippen LogP contribution is 2.41. The van der Waals surface area contributed by atoms with E-state index < -0.39 is 12.1 Å². The van der Waals surface area contributed by atoms with E-state index in [1.54, 1.807) is 40.3 Å². The van der Waals surface area contributed by atoms with Gasteiger partial charge in [0.05, 0.1) is 17.6 Å². The van der Waals surface area contributed by atoms with Gasteiger partial charge in [-0.25, -0.2) is 14.8 Å². The number of nitrogens with zero attached hydrogens (tertiary/aromatic N) is 5. The molecule has 0 aromatic carbocycles. The average Bonchev–Trinajstić information content (AvgIpc) is 2.79. The first-order chi connectivity index (χ1) is 15.4. The lowest BCUT2D eigenvalue weighted by Gasteiger charge is -2.46. The van der Waals surface area contributed by atoms with Gasteiger partial charge in [0, 0.05) is 32.4 Å². The van der Waals surface area contributed by atoms with Gasteiger partial charge in [-0.2, -0.15) is 13.2 Å². The molecular weight excluding hydrogens is 421 g/mol. The molecule has 0 saturated carbocycles. The molecule has 0 aliphatic carbocycles. The number of hydrogen-bond acceptors (Lipinski definition) is 5. The van der Waals surface area contributed by atoms with Crippen molar-refractivity contribution in [2.75, 3.05) is 46.2 Å². The molecule has 2 fully saturated rings. The predicted molar refractivity (Wildman–Crippen MR) is 116 cm³/mol. The second kappa shape index (κ2) is 8.14. The fourth-order valence-electron chi connectivity index (χ4n) is 4.91. The molecule has 1 N–H and O–H groups in total. The molecule has 170 valence electrons. The predicted octanol–water partition coefficient (Wildman–Crippen LogP) is 4.28. The Balaban J connectivity index is 1.47. The number of pyridine rings is 2. The number of aromatic nitrogens is 2. The smallest absolute Gasteiger partial charge is 0.366 e. The van der Waals surface area contributed by atoms with Crippen LogP contribution in [0.3, 0.4) is 0 Å². The summed E-state index contributed by atoms with van der Waals surface area (Å²) >= 11 is 0. The Labute approximate surface area is 184 Å². The van der Waals surface area contributed by atoms with E-state index in [0.717, 1.165) is 25.1 Å². The first kappa shape index (κ1) is 20.8. The van der Waals surface area contributed by atoms with Gasteiger partial charge in [-0.1, -0.05) is 6.07 Å². The average molecular weight is 446 g/mol. The van der Waals surface area contributed by atoms with E-state index in [1.165, 1.54) is 0 Å². The second-order valence-corrected chi connectivity index (χ2v) is 8.60. The molecule has 2 aromatic rings. The van der Waals surface area contributed by atoms with Crippen LogP contribution in [0.25, 0.3) is 0 Å². The molecule has 2 aromatic heterocycles. The molecule has 32 heavy (non-hydrogen) atoms. The van der Waals surface area contributed by atoms with Crippen LogP contribution in [0.5, 0.6) is 0 Å². The number of alkyl halides is 3. The van der Waals surface area contributed by atoms with Crippen LogP contribution < -0.4 is 20.0 Å². The van der Waals surface area contributed by atoms with Crippen LogP contribution in [0, 0.1) is 5.92 Å². The van der Waals surface area contributed by atoms with Crippen molar-refractivity contribution in [1.29, 1.82) is 0 Å². The van der Waals surface area contributed by atoms with Crippen molar-refractivity contribution < 1.29 is 18.0 Å². The van der Waals surface area contributed by atoms with Gasteiger partial charge >= 0.3 is 12.2 Å². The van der Waals surface area contributed by atoms with Crippen LogP contribution in [-0.4, -0.2) is 54.4 Å². The normalized spacial score (nSPS) is 23.0. The number of urea groups is 1. The van der Waals surface area contributed by atoms with E-state index >= 15 is 0 Å².